The Hall–Kier alpha value is -3.14. The molecule has 1 saturated heterocycles. The van der Waals surface area contributed by atoms with Gasteiger partial charge in [-0.3, -0.25) is 0 Å². The highest BCUT2D eigenvalue weighted by atomic mass is 35.5. The van der Waals surface area contributed by atoms with Crippen LogP contribution in [0.4, 0.5) is 13.6 Å². The van der Waals surface area contributed by atoms with Crippen LogP contribution in [0.1, 0.15) is 5.69 Å². The van der Waals surface area contributed by atoms with E-state index in [0.717, 1.165) is 4.90 Å². The van der Waals surface area contributed by atoms with E-state index in [4.69, 9.17) is 16.3 Å². The predicted octanol–water partition coefficient (Wildman–Crippen LogP) is 6.01. The number of halogens is 3. The number of fused-ring (bicyclic) bond motifs is 1. The number of imidazole rings is 1. The van der Waals surface area contributed by atoms with Crippen molar-refractivity contribution >= 4 is 35.1 Å². The first-order valence-corrected chi connectivity index (χ1v) is 12.1. The molecule has 0 aliphatic carbocycles. The van der Waals surface area contributed by atoms with Crippen molar-refractivity contribution in [3.8, 4) is 11.3 Å². The Morgan fingerprint density at radius 1 is 1.14 bits per heavy atom. The van der Waals surface area contributed by atoms with Crippen LogP contribution in [-0.2, 0) is 11.2 Å². The maximum atomic E-state index is 15.4. The Labute approximate surface area is 209 Å². The van der Waals surface area contributed by atoms with Crippen molar-refractivity contribution in [1.82, 2.24) is 14.3 Å². The molecule has 10 heteroatoms. The molecule has 1 N–H and O–H groups in total. The standard InChI is InChI=1S/C25H20ClF2N3O3S/c26-15-6-7-31-21(11-16-14-30(25(32)33)8-9-34-16)24(29-22(31)10-15)23-19(27)12-18(13-20(23)28)35-17-4-2-1-3-5-17/h1-7,10,12-13,16H,8-9,11,14H2,(H,32,33)/t16-/m0/s1. The van der Waals surface area contributed by atoms with E-state index in [1.807, 2.05) is 30.3 Å². The smallest absolute Gasteiger partial charge is 0.407 e. The predicted molar refractivity (Wildman–Crippen MR) is 129 cm³/mol. The van der Waals surface area contributed by atoms with Gasteiger partial charge in [0, 0.05) is 40.0 Å². The highest BCUT2D eigenvalue weighted by Crippen LogP contribution is 2.36. The van der Waals surface area contributed by atoms with E-state index < -0.39 is 23.8 Å². The average molecular weight is 516 g/mol. The summed E-state index contributed by atoms with van der Waals surface area (Å²) in [5.41, 5.74) is 0.822. The maximum Gasteiger partial charge on any atom is 0.407 e. The summed E-state index contributed by atoms with van der Waals surface area (Å²) in [6, 6.07) is 15.2. The van der Waals surface area contributed by atoms with Crippen LogP contribution in [0.25, 0.3) is 16.9 Å². The molecule has 2 aromatic heterocycles. The molecule has 1 aliphatic heterocycles. The molecule has 3 heterocycles. The van der Waals surface area contributed by atoms with Gasteiger partial charge in [-0.25, -0.2) is 18.6 Å². The number of carboxylic acid groups (broad SMARTS) is 1. The van der Waals surface area contributed by atoms with Crippen LogP contribution in [-0.4, -0.2) is 51.3 Å². The molecule has 0 saturated carbocycles. The first-order valence-electron chi connectivity index (χ1n) is 10.9. The van der Waals surface area contributed by atoms with Gasteiger partial charge < -0.3 is 19.1 Å². The Balaban J connectivity index is 1.55. The van der Waals surface area contributed by atoms with Gasteiger partial charge in [-0.15, -0.1) is 0 Å². The largest absolute Gasteiger partial charge is 0.465 e. The van der Waals surface area contributed by atoms with Crippen molar-refractivity contribution in [1.29, 1.82) is 0 Å². The molecule has 0 spiro atoms. The molecule has 0 bridgehead atoms. The van der Waals surface area contributed by atoms with E-state index in [1.54, 1.807) is 22.7 Å². The summed E-state index contributed by atoms with van der Waals surface area (Å²) < 4.78 is 38.3. The van der Waals surface area contributed by atoms with Crippen LogP contribution < -0.4 is 0 Å². The minimum Gasteiger partial charge on any atom is -0.465 e. The number of amides is 1. The normalized spacial score (nSPS) is 16.1. The van der Waals surface area contributed by atoms with Crippen molar-refractivity contribution in [2.45, 2.75) is 22.3 Å². The fourth-order valence-corrected chi connectivity index (χ4v) is 5.20. The summed E-state index contributed by atoms with van der Waals surface area (Å²) in [7, 11) is 0. The third-order valence-electron chi connectivity index (χ3n) is 5.75. The van der Waals surface area contributed by atoms with E-state index in [2.05, 4.69) is 4.98 Å². The van der Waals surface area contributed by atoms with Gasteiger partial charge in [-0.1, -0.05) is 41.6 Å². The van der Waals surface area contributed by atoms with Crippen LogP contribution in [0.2, 0.25) is 5.02 Å². The molecule has 6 nitrogen and oxygen atoms in total. The summed E-state index contributed by atoms with van der Waals surface area (Å²) in [6.07, 6.45) is 0.359. The zero-order valence-electron chi connectivity index (χ0n) is 18.3. The molecule has 1 amide bonds. The summed E-state index contributed by atoms with van der Waals surface area (Å²) in [5, 5.41) is 9.79. The lowest BCUT2D eigenvalue weighted by molar-refractivity contribution is -0.0214. The zero-order chi connectivity index (χ0) is 24.5. The van der Waals surface area contributed by atoms with Gasteiger partial charge >= 0.3 is 6.09 Å². The molecule has 1 atom stereocenters. The molecule has 35 heavy (non-hydrogen) atoms. The van der Waals surface area contributed by atoms with E-state index in [0.29, 0.717) is 21.3 Å². The second-order valence-corrected chi connectivity index (χ2v) is 9.67. The summed E-state index contributed by atoms with van der Waals surface area (Å²) in [4.78, 5) is 18.5. The summed E-state index contributed by atoms with van der Waals surface area (Å²) in [5.74, 6) is -1.48. The molecular weight excluding hydrogens is 496 g/mol. The first-order chi connectivity index (χ1) is 16.9. The van der Waals surface area contributed by atoms with Crippen molar-refractivity contribution in [3.63, 3.8) is 0 Å². The molecule has 180 valence electrons. The van der Waals surface area contributed by atoms with E-state index in [1.165, 1.54) is 28.8 Å². The summed E-state index contributed by atoms with van der Waals surface area (Å²) in [6.45, 7) is 0.654. The number of morpholine rings is 1. The molecule has 1 aliphatic rings. The van der Waals surface area contributed by atoms with Crippen LogP contribution >= 0.6 is 23.4 Å². The number of benzene rings is 2. The van der Waals surface area contributed by atoms with Crippen LogP contribution in [0.3, 0.4) is 0 Å². The second-order valence-electron chi connectivity index (χ2n) is 8.08. The number of nitrogens with zero attached hydrogens (tertiary/aromatic N) is 3. The Morgan fingerprint density at radius 2 is 1.89 bits per heavy atom. The highest BCUT2D eigenvalue weighted by Gasteiger charge is 2.28. The monoisotopic (exact) mass is 515 g/mol. The first kappa shape index (κ1) is 23.6. The molecule has 0 radical (unpaired) electrons. The molecule has 2 aromatic carbocycles. The SMILES string of the molecule is O=C(O)N1CCO[C@@H](Cc2c(-c3c(F)cc(Sc4ccccc4)cc3F)nc3cc(Cl)ccn23)C1. The third kappa shape index (κ3) is 4.98. The fraction of sp³-hybridized carbons (Fsp3) is 0.200. The fourth-order valence-electron chi connectivity index (χ4n) is 4.16. The van der Waals surface area contributed by atoms with Crippen molar-refractivity contribution in [2.24, 2.45) is 0 Å². The van der Waals surface area contributed by atoms with Crippen molar-refractivity contribution < 1.29 is 23.4 Å². The lowest BCUT2D eigenvalue weighted by Crippen LogP contribution is -2.45. The van der Waals surface area contributed by atoms with Gasteiger partial charge in [0.25, 0.3) is 0 Å². The van der Waals surface area contributed by atoms with Gasteiger partial charge in [-0.2, -0.15) is 0 Å². The van der Waals surface area contributed by atoms with Crippen LogP contribution in [0.5, 0.6) is 0 Å². The highest BCUT2D eigenvalue weighted by molar-refractivity contribution is 7.99. The summed E-state index contributed by atoms with van der Waals surface area (Å²) >= 11 is 7.39. The number of hydrogen-bond donors (Lipinski definition) is 1. The number of aromatic nitrogens is 2. The Morgan fingerprint density at radius 3 is 2.60 bits per heavy atom. The van der Waals surface area contributed by atoms with Crippen LogP contribution in [0, 0.1) is 11.6 Å². The Bertz CT molecular complexity index is 1380. The Kier molecular flexibility index (Phi) is 6.64. The average Bonchev–Trinajstić information content (AvgIpc) is 3.16. The minimum absolute atomic E-state index is 0.134. The topological polar surface area (TPSA) is 67.1 Å². The maximum absolute atomic E-state index is 15.4. The van der Waals surface area contributed by atoms with Gasteiger partial charge in [0.2, 0.25) is 0 Å². The molecular formula is C25H20ClF2N3O3S. The third-order valence-corrected chi connectivity index (χ3v) is 6.96. The van der Waals surface area contributed by atoms with Gasteiger partial charge in [0.05, 0.1) is 36.2 Å². The van der Waals surface area contributed by atoms with E-state index in [9.17, 15) is 9.90 Å². The molecule has 5 rings (SSSR count). The number of ether oxygens (including phenoxy) is 1. The quantitative estimate of drug-likeness (QED) is 0.353. The molecule has 0 unspecified atom stereocenters. The lowest BCUT2D eigenvalue weighted by atomic mass is 10.0. The van der Waals surface area contributed by atoms with E-state index in [-0.39, 0.29) is 37.4 Å². The molecule has 4 aromatic rings. The number of rotatable bonds is 5. The zero-order valence-corrected chi connectivity index (χ0v) is 19.9. The molecule has 1 fully saturated rings. The second kappa shape index (κ2) is 9.85. The lowest BCUT2D eigenvalue weighted by Gasteiger charge is -2.31. The van der Waals surface area contributed by atoms with Gasteiger partial charge in [-0.05, 0) is 30.3 Å². The van der Waals surface area contributed by atoms with Crippen LogP contribution in [0.15, 0.2) is 70.6 Å². The van der Waals surface area contributed by atoms with Gasteiger partial charge in [0.15, 0.2) is 0 Å². The minimum atomic E-state index is -1.04. The van der Waals surface area contributed by atoms with Gasteiger partial charge in [0.1, 0.15) is 17.3 Å². The number of hydrogen-bond acceptors (Lipinski definition) is 4. The number of carbonyl (C=O) groups is 1. The van der Waals surface area contributed by atoms with Crippen molar-refractivity contribution in [3.05, 3.63) is 83.1 Å². The van der Waals surface area contributed by atoms with Crippen molar-refractivity contribution in [2.75, 3.05) is 19.7 Å². The van der Waals surface area contributed by atoms with E-state index >= 15 is 8.78 Å². The number of pyridine rings is 1.